The highest BCUT2D eigenvalue weighted by Gasteiger charge is 2.18. The Labute approximate surface area is 114 Å². The summed E-state index contributed by atoms with van der Waals surface area (Å²) in [5, 5.41) is 10.5. The molecule has 0 unspecified atom stereocenters. The van der Waals surface area contributed by atoms with Crippen molar-refractivity contribution in [2.75, 3.05) is 32.2 Å². The molecular weight excluding hydrogens is 270 g/mol. The van der Waals surface area contributed by atoms with Crippen LogP contribution in [0.5, 0.6) is 0 Å². The Hall–Kier alpha value is -2.71. The highest BCUT2D eigenvalue weighted by Crippen LogP contribution is 2.15. The highest BCUT2D eigenvalue weighted by molar-refractivity contribution is 5.80. The summed E-state index contributed by atoms with van der Waals surface area (Å²) < 4.78 is 9.02. The van der Waals surface area contributed by atoms with Crippen molar-refractivity contribution in [3.05, 3.63) is 28.4 Å². The van der Waals surface area contributed by atoms with E-state index >= 15 is 0 Å². The number of ether oxygens (including phenoxy) is 2. The van der Waals surface area contributed by atoms with E-state index in [2.05, 4.69) is 14.5 Å². The number of aromatic nitrogens is 1. The number of hydrogen-bond donors (Lipinski definition) is 0. The van der Waals surface area contributed by atoms with Crippen LogP contribution in [0, 0.1) is 10.1 Å². The SMILES string of the molecule is COC(=O)CN(CC(=O)OC)c1ccc([N+](=O)[O-])cn1. The molecule has 1 aromatic heterocycles. The molecule has 9 nitrogen and oxygen atoms in total. The van der Waals surface area contributed by atoms with E-state index < -0.39 is 16.9 Å². The van der Waals surface area contributed by atoms with E-state index in [1.54, 1.807) is 0 Å². The normalized spacial score (nSPS) is 9.70. The molecule has 0 fully saturated rings. The number of rotatable bonds is 6. The first-order valence-electron chi connectivity index (χ1n) is 5.47. The van der Waals surface area contributed by atoms with Gasteiger partial charge in [0.2, 0.25) is 0 Å². The van der Waals surface area contributed by atoms with Crippen molar-refractivity contribution in [1.29, 1.82) is 0 Å². The number of hydrogen-bond acceptors (Lipinski definition) is 8. The predicted molar refractivity (Wildman–Crippen MR) is 67.1 cm³/mol. The average Bonchev–Trinajstić information content (AvgIpc) is 2.46. The summed E-state index contributed by atoms with van der Waals surface area (Å²) in [5.74, 6) is -0.922. The number of carbonyl (C=O) groups is 2. The Kier molecular flexibility index (Phi) is 5.39. The number of anilines is 1. The summed E-state index contributed by atoms with van der Waals surface area (Å²) in [6.07, 6.45) is 1.04. The van der Waals surface area contributed by atoms with Gasteiger partial charge in [0.25, 0.3) is 5.69 Å². The second-order valence-corrected chi connectivity index (χ2v) is 3.64. The van der Waals surface area contributed by atoms with Crippen molar-refractivity contribution in [3.8, 4) is 0 Å². The molecule has 0 aliphatic heterocycles. The molecule has 0 N–H and O–H groups in total. The van der Waals surface area contributed by atoms with Gasteiger partial charge >= 0.3 is 11.9 Å². The van der Waals surface area contributed by atoms with E-state index in [1.165, 1.54) is 31.3 Å². The molecule has 0 saturated carbocycles. The Balaban J connectivity index is 2.93. The third kappa shape index (κ3) is 4.19. The zero-order valence-corrected chi connectivity index (χ0v) is 10.9. The van der Waals surface area contributed by atoms with Crippen LogP contribution in [-0.2, 0) is 19.1 Å². The van der Waals surface area contributed by atoms with Crippen LogP contribution >= 0.6 is 0 Å². The maximum absolute atomic E-state index is 11.3. The van der Waals surface area contributed by atoms with Crippen LogP contribution in [0.3, 0.4) is 0 Å². The minimum atomic E-state index is -0.596. The highest BCUT2D eigenvalue weighted by atomic mass is 16.6. The molecule has 108 valence electrons. The van der Waals surface area contributed by atoms with Crippen molar-refractivity contribution < 1.29 is 24.0 Å². The summed E-state index contributed by atoms with van der Waals surface area (Å²) in [6.45, 7) is -0.452. The molecule has 0 saturated heterocycles. The van der Waals surface area contributed by atoms with Crippen LogP contribution in [0.4, 0.5) is 11.5 Å². The fourth-order valence-electron chi connectivity index (χ4n) is 1.33. The first-order chi connectivity index (χ1) is 9.47. The van der Waals surface area contributed by atoms with Gasteiger partial charge in [0.1, 0.15) is 25.1 Å². The van der Waals surface area contributed by atoms with Crippen molar-refractivity contribution in [2.24, 2.45) is 0 Å². The maximum Gasteiger partial charge on any atom is 0.325 e. The number of pyridine rings is 1. The standard InChI is InChI=1S/C11H13N3O6/c1-19-10(15)6-13(7-11(16)20-2)9-4-3-8(5-12-9)14(17)18/h3-5H,6-7H2,1-2H3. The molecule has 0 aromatic carbocycles. The summed E-state index contributed by atoms with van der Waals surface area (Å²) in [6, 6.07) is 2.56. The molecule has 0 aliphatic carbocycles. The number of esters is 2. The first-order valence-corrected chi connectivity index (χ1v) is 5.47. The van der Waals surface area contributed by atoms with Gasteiger partial charge in [-0.3, -0.25) is 19.7 Å². The first kappa shape index (κ1) is 15.3. The summed E-state index contributed by atoms with van der Waals surface area (Å²) in [4.78, 5) is 37.7. The molecule has 0 aliphatic rings. The molecule has 0 atom stereocenters. The zero-order valence-electron chi connectivity index (χ0n) is 10.9. The lowest BCUT2D eigenvalue weighted by atomic mass is 10.3. The quantitative estimate of drug-likeness (QED) is 0.411. The van der Waals surface area contributed by atoms with Gasteiger partial charge in [0.05, 0.1) is 19.1 Å². The van der Waals surface area contributed by atoms with Crippen molar-refractivity contribution in [1.82, 2.24) is 4.98 Å². The number of carbonyl (C=O) groups excluding carboxylic acids is 2. The lowest BCUT2D eigenvalue weighted by Crippen LogP contribution is -2.36. The van der Waals surface area contributed by atoms with E-state index in [0.29, 0.717) is 0 Å². The zero-order chi connectivity index (χ0) is 15.1. The van der Waals surface area contributed by atoms with Crippen LogP contribution in [0.15, 0.2) is 18.3 Å². The van der Waals surface area contributed by atoms with E-state index in [4.69, 9.17) is 0 Å². The van der Waals surface area contributed by atoms with Gasteiger partial charge in [-0.1, -0.05) is 0 Å². The van der Waals surface area contributed by atoms with E-state index in [9.17, 15) is 19.7 Å². The minimum Gasteiger partial charge on any atom is -0.468 e. The van der Waals surface area contributed by atoms with Crippen molar-refractivity contribution >= 4 is 23.4 Å². The van der Waals surface area contributed by atoms with Gasteiger partial charge < -0.3 is 14.4 Å². The Bertz CT molecular complexity index is 483. The number of nitrogens with zero attached hydrogens (tertiary/aromatic N) is 3. The topological polar surface area (TPSA) is 112 Å². The largest absolute Gasteiger partial charge is 0.468 e. The van der Waals surface area contributed by atoms with Crippen molar-refractivity contribution in [3.63, 3.8) is 0 Å². The second kappa shape index (κ2) is 7.02. The van der Waals surface area contributed by atoms with E-state index in [-0.39, 0.29) is 24.6 Å². The lowest BCUT2D eigenvalue weighted by Gasteiger charge is -2.20. The van der Waals surface area contributed by atoms with Crippen molar-refractivity contribution in [2.45, 2.75) is 0 Å². The fourth-order valence-corrected chi connectivity index (χ4v) is 1.33. The van der Waals surface area contributed by atoms with Gasteiger partial charge in [0, 0.05) is 6.07 Å². The van der Waals surface area contributed by atoms with Gasteiger partial charge in [-0.2, -0.15) is 0 Å². The fraction of sp³-hybridized carbons (Fsp3) is 0.364. The average molecular weight is 283 g/mol. The molecule has 0 bridgehead atoms. The number of methoxy groups -OCH3 is 2. The smallest absolute Gasteiger partial charge is 0.325 e. The second-order valence-electron chi connectivity index (χ2n) is 3.64. The Morgan fingerprint density at radius 3 is 2.15 bits per heavy atom. The monoisotopic (exact) mass is 283 g/mol. The molecule has 0 radical (unpaired) electrons. The van der Waals surface area contributed by atoms with Crippen LogP contribution in [-0.4, -0.2) is 49.2 Å². The van der Waals surface area contributed by atoms with Crippen LogP contribution in [0.1, 0.15) is 0 Å². The van der Waals surface area contributed by atoms with Gasteiger partial charge in [-0.15, -0.1) is 0 Å². The Morgan fingerprint density at radius 1 is 1.25 bits per heavy atom. The van der Waals surface area contributed by atoms with E-state index in [0.717, 1.165) is 6.20 Å². The predicted octanol–water partition coefficient (Wildman–Crippen LogP) is 0.142. The summed E-state index contributed by atoms with van der Waals surface area (Å²) in [7, 11) is 2.42. The van der Waals surface area contributed by atoms with Crippen LogP contribution < -0.4 is 4.90 Å². The van der Waals surface area contributed by atoms with Gasteiger partial charge in [-0.25, -0.2) is 4.98 Å². The molecule has 0 spiro atoms. The third-order valence-electron chi connectivity index (χ3n) is 2.36. The Morgan fingerprint density at radius 2 is 1.80 bits per heavy atom. The van der Waals surface area contributed by atoms with Gasteiger partial charge in [-0.05, 0) is 6.07 Å². The summed E-state index contributed by atoms with van der Waals surface area (Å²) in [5.41, 5.74) is -0.190. The molecule has 1 aromatic rings. The third-order valence-corrected chi connectivity index (χ3v) is 2.36. The molecule has 9 heteroatoms. The number of nitro groups is 1. The minimum absolute atomic E-state index is 0.190. The van der Waals surface area contributed by atoms with E-state index in [1.807, 2.05) is 0 Å². The van der Waals surface area contributed by atoms with Gasteiger partial charge in [0.15, 0.2) is 0 Å². The molecule has 20 heavy (non-hydrogen) atoms. The maximum atomic E-state index is 11.3. The molecule has 1 rings (SSSR count). The molecule has 0 amide bonds. The molecular formula is C11H13N3O6. The lowest BCUT2D eigenvalue weighted by molar-refractivity contribution is -0.385. The van der Waals surface area contributed by atoms with Crippen LogP contribution in [0.25, 0.3) is 0 Å². The summed E-state index contributed by atoms with van der Waals surface area (Å²) >= 11 is 0. The molecule has 1 heterocycles. The van der Waals surface area contributed by atoms with Crippen LogP contribution in [0.2, 0.25) is 0 Å².